The van der Waals surface area contributed by atoms with Crippen molar-refractivity contribution >= 4 is 26.7 Å². The largest absolute Gasteiger partial charge is 0.381 e. The number of hydrogen-bond acceptors (Lipinski definition) is 4. The maximum atomic E-state index is 12.9. The molecule has 0 aliphatic carbocycles. The van der Waals surface area contributed by atoms with E-state index in [0.717, 1.165) is 30.2 Å². The minimum Gasteiger partial charge on any atom is -0.381 e. The number of sulfonamides is 1. The van der Waals surface area contributed by atoms with Gasteiger partial charge < -0.3 is 10.1 Å². The van der Waals surface area contributed by atoms with Crippen molar-refractivity contribution in [1.82, 2.24) is 10.0 Å². The van der Waals surface area contributed by atoms with Crippen molar-refractivity contribution in [3.05, 3.63) is 42.5 Å². The zero-order valence-corrected chi connectivity index (χ0v) is 18.3. The van der Waals surface area contributed by atoms with E-state index in [-0.39, 0.29) is 16.7 Å². The van der Waals surface area contributed by atoms with Crippen molar-refractivity contribution in [2.75, 3.05) is 19.8 Å². The second kappa shape index (κ2) is 11.3. The van der Waals surface area contributed by atoms with Crippen molar-refractivity contribution in [3.8, 4) is 0 Å². The summed E-state index contributed by atoms with van der Waals surface area (Å²) in [4.78, 5) is 12.7. The van der Waals surface area contributed by atoms with Gasteiger partial charge in [-0.2, -0.15) is 4.72 Å². The SMILES string of the molecule is CCCCOCCCNC(=O)[C@@H](NS(=O)(=O)c1ccc2ccccc2c1)C(C)C. The lowest BCUT2D eigenvalue weighted by Crippen LogP contribution is -2.49. The van der Waals surface area contributed by atoms with Crippen LogP contribution in [0.3, 0.4) is 0 Å². The number of carbonyl (C=O) groups is 1. The lowest BCUT2D eigenvalue weighted by atomic mass is 10.1. The van der Waals surface area contributed by atoms with E-state index in [1.54, 1.807) is 18.2 Å². The van der Waals surface area contributed by atoms with E-state index in [0.29, 0.717) is 19.6 Å². The van der Waals surface area contributed by atoms with Gasteiger partial charge in [0.15, 0.2) is 0 Å². The highest BCUT2D eigenvalue weighted by atomic mass is 32.2. The van der Waals surface area contributed by atoms with Gasteiger partial charge in [-0.3, -0.25) is 4.79 Å². The topological polar surface area (TPSA) is 84.5 Å². The van der Waals surface area contributed by atoms with Crippen LogP contribution in [-0.4, -0.2) is 40.1 Å². The molecule has 0 bridgehead atoms. The smallest absolute Gasteiger partial charge is 0.241 e. The number of ether oxygens (including phenoxy) is 1. The zero-order valence-electron chi connectivity index (χ0n) is 17.5. The summed E-state index contributed by atoms with van der Waals surface area (Å²) >= 11 is 0. The van der Waals surface area contributed by atoms with Gasteiger partial charge in [0.05, 0.1) is 4.90 Å². The van der Waals surface area contributed by atoms with Crippen LogP contribution in [0.2, 0.25) is 0 Å². The molecule has 7 heteroatoms. The summed E-state index contributed by atoms with van der Waals surface area (Å²) in [6, 6.07) is 11.7. The fraction of sp³-hybridized carbons (Fsp3) is 0.500. The fourth-order valence-electron chi connectivity index (χ4n) is 2.91. The Balaban J connectivity index is 1.97. The average molecular weight is 421 g/mol. The molecule has 0 heterocycles. The molecular weight excluding hydrogens is 388 g/mol. The first kappa shape index (κ1) is 23.3. The van der Waals surface area contributed by atoms with E-state index >= 15 is 0 Å². The Kier molecular flexibility index (Phi) is 9.07. The molecule has 160 valence electrons. The average Bonchev–Trinajstić information content (AvgIpc) is 2.70. The lowest BCUT2D eigenvalue weighted by molar-refractivity contribution is -0.123. The molecule has 0 fully saturated rings. The number of carbonyl (C=O) groups excluding carboxylic acids is 1. The summed E-state index contributed by atoms with van der Waals surface area (Å²) in [5, 5.41) is 4.61. The summed E-state index contributed by atoms with van der Waals surface area (Å²) in [6.07, 6.45) is 2.81. The molecule has 0 aromatic heterocycles. The molecule has 0 radical (unpaired) electrons. The van der Waals surface area contributed by atoms with Gasteiger partial charge >= 0.3 is 0 Å². The maximum absolute atomic E-state index is 12.9. The lowest BCUT2D eigenvalue weighted by Gasteiger charge is -2.22. The van der Waals surface area contributed by atoms with Crippen LogP contribution < -0.4 is 10.0 Å². The summed E-state index contributed by atoms with van der Waals surface area (Å²) in [5.41, 5.74) is 0. The molecule has 1 atom stereocenters. The van der Waals surface area contributed by atoms with Crippen molar-refractivity contribution in [3.63, 3.8) is 0 Å². The number of amides is 1. The highest BCUT2D eigenvalue weighted by Gasteiger charge is 2.28. The number of nitrogens with one attached hydrogen (secondary N) is 2. The zero-order chi connectivity index (χ0) is 21.3. The van der Waals surface area contributed by atoms with Gasteiger partial charge in [-0.1, -0.05) is 57.5 Å². The first-order chi connectivity index (χ1) is 13.8. The third-order valence-corrected chi connectivity index (χ3v) is 6.11. The van der Waals surface area contributed by atoms with Gasteiger partial charge in [-0.25, -0.2) is 8.42 Å². The fourth-order valence-corrected chi connectivity index (χ4v) is 4.29. The predicted octanol–water partition coefficient (Wildman–Crippen LogP) is 3.47. The van der Waals surface area contributed by atoms with Gasteiger partial charge in [0.2, 0.25) is 15.9 Å². The number of benzene rings is 2. The van der Waals surface area contributed by atoms with Crippen LogP contribution in [0.5, 0.6) is 0 Å². The molecule has 0 unspecified atom stereocenters. The Labute approximate surface area is 174 Å². The molecule has 2 aromatic rings. The molecule has 0 aliphatic rings. The van der Waals surface area contributed by atoms with E-state index in [4.69, 9.17) is 4.74 Å². The quantitative estimate of drug-likeness (QED) is 0.515. The first-order valence-corrected chi connectivity index (χ1v) is 11.7. The maximum Gasteiger partial charge on any atom is 0.241 e. The number of hydrogen-bond donors (Lipinski definition) is 2. The highest BCUT2D eigenvalue weighted by molar-refractivity contribution is 7.89. The first-order valence-electron chi connectivity index (χ1n) is 10.2. The van der Waals surface area contributed by atoms with Crippen LogP contribution in [-0.2, 0) is 19.6 Å². The highest BCUT2D eigenvalue weighted by Crippen LogP contribution is 2.19. The monoisotopic (exact) mass is 420 g/mol. The van der Waals surface area contributed by atoms with Gasteiger partial charge in [0.1, 0.15) is 6.04 Å². The second-order valence-corrected chi connectivity index (χ2v) is 9.18. The van der Waals surface area contributed by atoms with E-state index in [1.807, 2.05) is 38.1 Å². The number of unbranched alkanes of at least 4 members (excludes halogenated alkanes) is 1. The van der Waals surface area contributed by atoms with Crippen LogP contribution in [0, 0.1) is 5.92 Å². The molecule has 6 nitrogen and oxygen atoms in total. The normalized spacial score (nSPS) is 13.0. The number of fused-ring (bicyclic) bond motifs is 1. The van der Waals surface area contributed by atoms with Crippen molar-refractivity contribution in [1.29, 1.82) is 0 Å². The van der Waals surface area contributed by atoms with Crippen LogP contribution >= 0.6 is 0 Å². The van der Waals surface area contributed by atoms with Gasteiger partial charge in [0.25, 0.3) is 0 Å². The van der Waals surface area contributed by atoms with Crippen molar-refractivity contribution < 1.29 is 17.9 Å². The predicted molar refractivity (Wildman–Crippen MR) is 116 cm³/mol. The van der Waals surface area contributed by atoms with E-state index in [2.05, 4.69) is 17.0 Å². The molecule has 0 saturated carbocycles. The Morgan fingerprint density at radius 1 is 1.03 bits per heavy atom. The summed E-state index contributed by atoms with van der Waals surface area (Å²) < 4.78 is 33.8. The van der Waals surface area contributed by atoms with Gasteiger partial charge in [0, 0.05) is 19.8 Å². The number of rotatable bonds is 12. The van der Waals surface area contributed by atoms with Gasteiger partial charge in [-0.15, -0.1) is 0 Å². The van der Waals surface area contributed by atoms with Crippen molar-refractivity contribution in [2.24, 2.45) is 5.92 Å². The van der Waals surface area contributed by atoms with Crippen LogP contribution in [0.15, 0.2) is 47.4 Å². The minimum atomic E-state index is -3.82. The molecule has 2 N–H and O–H groups in total. The van der Waals surface area contributed by atoms with Crippen LogP contribution in [0.4, 0.5) is 0 Å². The minimum absolute atomic E-state index is 0.152. The molecule has 2 aromatic carbocycles. The van der Waals surface area contributed by atoms with E-state index in [9.17, 15) is 13.2 Å². The summed E-state index contributed by atoms with van der Waals surface area (Å²) in [7, 11) is -3.82. The Bertz CT molecular complexity index is 897. The Morgan fingerprint density at radius 2 is 1.72 bits per heavy atom. The van der Waals surface area contributed by atoms with Crippen LogP contribution in [0.25, 0.3) is 10.8 Å². The molecule has 0 aliphatic heterocycles. The standard InChI is InChI=1S/C22H32N2O4S/c1-4-5-14-28-15-8-13-23-22(25)21(17(2)3)24-29(26,27)20-12-11-18-9-6-7-10-19(18)16-20/h6-7,9-12,16-17,21,24H,4-5,8,13-15H2,1-3H3,(H,23,25)/t21-/m0/s1. The molecule has 1 amide bonds. The van der Waals surface area contributed by atoms with E-state index < -0.39 is 16.1 Å². The molecule has 2 rings (SSSR count). The molecule has 0 saturated heterocycles. The molecular formula is C22H32N2O4S. The third kappa shape index (κ3) is 7.10. The summed E-state index contributed by atoms with van der Waals surface area (Å²) in [5.74, 6) is -0.510. The third-order valence-electron chi connectivity index (χ3n) is 4.67. The second-order valence-electron chi connectivity index (χ2n) is 7.46. The van der Waals surface area contributed by atoms with E-state index in [1.165, 1.54) is 0 Å². The molecule has 29 heavy (non-hydrogen) atoms. The van der Waals surface area contributed by atoms with Gasteiger partial charge in [-0.05, 0) is 41.7 Å². The Morgan fingerprint density at radius 3 is 2.41 bits per heavy atom. The Hall–Kier alpha value is -1.96. The summed E-state index contributed by atoms with van der Waals surface area (Å²) in [6.45, 7) is 7.50. The van der Waals surface area contributed by atoms with Crippen LogP contribution in [0.1, 0.15) is 40.0 Å². The molecule has 0 spiro atoms. The van der Waals surface area contributed by atoms with Crippen molar-refractivity contribution in [2.45, 2.75) is 51.0 Å².